The molecule has 4 aromatic carbocycles. The Morgan fingerprint density at radius 3 is 1.50 bits per heavy atom. The Bertz CT molecular complexity index is 1940. The van der Waals surface area contributed by atoms with Crippen LogP contribution in [0, 0.1) is 19.3 Å². The summed E-state index contributed by atoms with van der Waals surface area (Å²) in [7, 11) is 3.22. The zero-order valence-electron chi connectivity index (χ0n) is 31.9. The van der Waals surface area contributed by atoms with Crippen LogP contribution in [0.4, 0.5) is 26.3 Å². The SMILES string of the molecule is C=C(Cc1cc(C(F)(F)F)cc(C(F)(F)F)c1)N[C@H](CN=P(c1ccc(C)c(C)c1)(c1ccc(OC)c(OC)c1)c1ccc(OC)c(OC)c1)C(C)(C)C. The highest BCUT2D eigenvalue weighted by atomic mass is 31.2. The van der Waals surface area contributed by atoms with Gasteiger partial charge >= 0.3 is 12.4 Å². The molecule has 13 heteroatoms. The number of methoxy groups -OCH3 is 4. The molecule has 0 aliphatic heterocycles. The van der Waals surface area contributed by atoms with E-state index in [1.807, 2.05) is 77.1 Å². The molecule has 1 atom stereocenters. The van der Waals surface area contributed by atoms with Gasteiger partial charge in [0.1, 0.15) is 0 Å². The van der Waals surface area contributed by atoms with Crippen LogP contribution in [0.15, 0.2) is 89.8 Å². The highest BCUT2D eigenvalue weighted by Crippen LogP contribution is 2.50. The second kappa shape index (κ2) is 16.4. The maximum absolute atomic E-state index is 13.7. The second-order valence-corrected chi connectivity index (χ2v) is 17.2. The molecule has 0 heterocycles. The number of hydrogen-bond acceptors (Lipinski definition) is 6. The van der Waals surface area contributed by atoms with Crippen LogP contribution < -0.4 is 40.2 Å². The van der Waals surface area contributed by atoms with Crippen LogP contribution >= 0.6 is 7.05 Å². The topological polar surface area (TPSA) is 61.3 Å². The van der Waals surface area contributed by atoms with Gasteiger partial charge in [0.05, 0.1) is 59.2 Å². The molecule has 0 spiro atoms. The number of rotatable bonds is 13. The number of ether oxygens (including phenoxy) is 4. The fourth-order valence-corrected chi connectivity index (χ4v) is 9.73. The van der Waals surface area contributed by atoms with Crippen LogP contribution in [0.1, 0.15) is 48.6 Å². The number of nitrogens with one attached hydrogen (secondary N) is 1. The van der Waals surface area contributed by atoms with Crippen molar-refractivity contribution in [2.24, 2.45) is 10.2 Å². The molecule has 0 fully saturated rings. The Kier molecular flexibility index (Phi) is 12.8. The van der Waals surface area contributed by atoms with Crippen molar-refractivity contribution in [3.63, 3.8) is 0 Å². The van der Waals surface area contributed by atoms with Gasteiger partial charge in [0, 0.05) is 28.0 Å². The summed E-state index contributed by atoms with van der Waals surface area (Å²) in [5.41, 5.74) is -1.07. The van der Waals surface area contributed by atoms with Crippen molar-refractivity contribution in [1.29, 1.82) is 0 Å². The average molecular weight is 777 g/mol. The van der Waals surface area contributed by atoms with E-state index in [1.54, 1.807) is 28.4 Å². The lowest BCUT2D eigenvalue weighted by Crippen LogP contribution is -2.42. The largest absolute Gasteiger partial charge is 0.493 e. The standard InChI is InChI=1S/C41H47F6N2O4P/c1-25-11-12-31(17-26(25)2)54(32-13-15-34(50-7)36(22-32)52-9,33-14-16-35(51-8)37(23-33)53-10)48-24-38(39(4,5)6)49-27(3)18-28-19-29(40(42,43)44)21-30(20-28)41(45,46)47/h11-17,19-23,38,49H,3,18,24H2,1-2,4-10H3/t38-/m1/s1. The lowest BCUT2D eigenvalue weighted by molar-refractivity contribution is -0.143. The minimum Gasteiger partial charge on any atom is -0.493 e. The van der Waals surface area contributed by atoms with E-state index < -0.39 is 42.0 Å². The van der Waals surface area contributed by atoms with Gasteiger partial charge in [-0.3, -0.25) is 4.74 Å². The van der Waals surface area contributed by atoms with Crippen molar-refractivity contribution in [3.05, 3.63) is 113 Å². The highest BCUT2D eigenvalue weighted by molar-refractivity contribution is 7.87. The van der Waals surface area contributed by atoms with Crippen LogP contribution in [-0.2, 0) is 18.8 Å². The minimum atomic E-state index is -4.97. The molecule has 0 aliphatic rings. The summed E-state index contributed by atoms with van der Waals surface area (Å²) in [6.07, 6.45) is -10.2. The zero-order chi connectivity index (χ0) is 40.2. The molecule has 0 aromatic heterocycles. The molecule has 0 aliphatic carbocycles. The molecular weight excluding hydrogens is 729 g/mol. The predicted molar refractivity (Wildman–Crippen MR) is 204 cm³/mol. The van der Waals surface area contributed by atoms with E-state index in [1.165, 1.54) is 0 Å². The summed E-state index contributed by atoms with van der Waals surface area (Å²) < 4.78 is 110. The van der Waals surface area contributed by atoms with E-state index in [4.69, 9.17) is 23.7 Å². The summed E-state index contributed by atoms with van der Waals surface area (Å²) in [6, 6.07) is 18.7. The maximum Gasteiger partial charge on any atom is 0.416 e. The number of nitrogens with zero attached hydrogens (tertiary/aromatic N) is 1. The predicted octanol–water partition coefficient (Wildman–Crippen LogP) is 9.61. The van der Waals surface area contributed by atoms with Crippen molar-refractivity contribution >= 4 is 23.0 Å². The Morgan fingerprint density at radius 1 is 0.648 bits per heavy atom. The number of aryl methyl sites for hydroxylation is 2. The molecule has 0 radical (unpaired) electrons. The van der Waals surface area contributed by atoms with Crippen molar-refractivity contribution in [1.82, 2.24) is 5.32 Å². The Morgan fingerprint density at radius 2 is 1.09 bits per heavy atom. The van der Waals surface area contributed by atoms with Gasteiger partial charge in [-0.25, -0.2) is 0 Å². The molecular formula is C41H47F6N2O4P. The smallest absolute Gasteiger partial charge is 0.416 e. The molecule has 292 valence electrons. The van der Waals surface area contributed by atoms with E-state index in [0.29, 0.717) is 23.0 Å². The number of allylic oxidation sites excluding steroid dienone is 1. The molecule has 0 bridgehead atoms. The van der Waals surface area contributed by atoms with Crippen molar-refractivity contribution in [2.45, 2.75) is 59.4 Å². The van der Waals surface area contributed by atoms with Crippen molar-refractivity contribution in [3.8, 4) is 23.0 Å². The fourth-order valence-electron chi connectivity index (χ4n) is 6.08. The Hall–Kier alpha value is -4.57. The van der Waals surface area contributed by atoms with Gasteiger partial charge in [-0.15, -0.1) is 0 Å². The molecule has 4 aromatic rings. The average Bonchev–Trinajstić information content (AvgIpc) is 3.10. The molecule has 54 heavy (non-hydrogen) atoms. The first-order valence-corrected chi connectivity index (χ1v) is 18.8. The summed E-state index contributed by atoms with van der Waals surface area (Å²) >= 11 is 0. The highest BCUT2D eigenvalue weighted by Gasteiger charge is 2.37. The van der Waals surface area contributed by atoms with E-state index in [0.717, 1.165) is 39.2 Å². The first-order valence-electron chi connectivity index (χ1n) is 17.0. The van der Waals surface area contributed by atoms with Gasteiger partial charge in [-0.1, -0.05) is 39.5 Å². The monoisotopic (exact) mass is 776 g/mol. The van der Waals surface area contributed by atoms with E-state index in [9.17, 15) is 26.3 Å². The Balaban J connectivity index is 1.95. The summed E-state index contributed by atoms with van der Waals surface area (Å²) in [4.78, 5) is 0. The molecule has 4 rings (SSSR count). The normalized spacial score (nSPS) is 12.9. The summed E-state index contributed by atoms with van der Waals surface area (Å²) in [5.74, 6) is 2.05. The van der Waals surface area contributed by atoms with Gasteiger partial charge in [-0.2, -0.15) is 26.3 Å². The third-order valence-electron chi connectivity index (χ3n) is 9.31. The van der Waals surface area contributed by atoms with Gasteiger partial charge in [0.15, 0.2) is 23.0 Å². The van der Waals surface area contributed by atoms with Crippen LogP contribution in [0.3, 0.4) is 0 Å². The first kappa shape index (κ1) is 42.2. The lowest BCUT2D eigenvalue weighted by atomic mass is 9.86. The fraction of sp³-hybridized carbons (Fsp3) is 0.366. The summed E-state index contributed by atoms with van der Waals surface area (Å²) in [5, 5.41) is 5.94. The Labute approximate surface area is 313 Å². The van der Waals surface area contributed by atoms with Crippen molar-refractivity contribution in [2.75, 3.05) is 35.0 Å². The first-order chi connectivity index (χ1) is 25.2. The number of benzene rings is 4. The van der Waals surface area contributed by atoms with Gasteiger partial charge in [0.2, 0.25) is 0 Å². The molecule has 0 saturated carbocycles. The molecule has 0 unspecified atom stereocenters. The molecule has 1 N–H and O–H groups in total. The third kappa shape index (κ3) is 9.38. The summed E-state index contributed by atoms with van der Waals surface area (Å²) in [6.45, 7) is 14.2. The van der Waals surface area contributed by atoms with Gasteiger partial charge in [-0.05, 0) is 96.6 Å². The van der Waals surface area contributed by atoms with E-state index in [-0.39, 0.29) is 30.3 Å². The second-order valence-electron chi connectivity index (χ2n) is 14.1. The molecule has 0 saturated heterocycles. The molecule has 6 nitrogen and oxygen atoms in total. The van der Waals surface area contributed by atoms with E-state index >= 15 is 0 Å². The van der Waals surface area contributed by atoms with Crippen LogP contribution in [-0.4, -0.2) is 41.0 Å². The third-order valence-corrected chi connectivity index (χ3v) is 13.0. The van der Waals surface area contributed by atoms with Crippen LogP contribution in [0.5, 0.6) is 23.0 Å². The number of hydrogen-bond donors (Lipinski definition) is 1. The lowest BCUT2D eigenvalue weighted by Gasteiger charge is -2.35. The quantitative estimate of drug-likeness (QED) is 0.108. The van der Waals surface area contributed by atoms with Gasteiger partial charge < -0.3 is 24.3 Å². The minimum absolute atomic E-state index is 0.120. The molecule has 0 amide bonds. The number of halogens is 6. The van der Waals surface area contributed by atoms with E-state index in [2.05, 4.69) is 24.0 Å². The van der Waals surface area contributed by atoms with Crippen LogP contribution in [0.25, 0.3) is 0 Å². The van der Waals surface area contributed by atoms with Crippen molar-refractivity contribution < 1.29 is 45.3 Å². The van der Waals surface area contributed by atoms with Crippen LogP contribution in [0.2, 0.25) is 0 Å². The maximum atomic E-state index is 13.7. The number of alkyl halides is 6. The zero-order valence-corrected chi connectivity index (χ0v) is 32.8. The van der Waals surface area contributed by atoms with Gasteiger partial charge in [0.25, 0.3) is 0 Å².